The van der Waals surface area contributed by atoms with E-state index in [1.165, 1.54) is 38.5 Å². The normalized spacial score (nSPS) is 29.8. The molecule has 1 saturated carbocycles. The minimum Gasteiger partial charge on any atom is -0.396 e. The first-order valence-corrected chi connectivity index (χ1v) is 6.63. The van der Waals surface area contributed by atoms with Gasteiger partial charge < -0.3 is 10.4 Å². The van der Waals surface area contributed by atoms with Crippen LogP contribution in [0, 0.1) is 5.92 Å². The summed E-state index contributed by atoms with van der Waals surface area (Å²) in [6.45, 7) is 4.80. The van der Waals surface area contributed by atoms with E-state index in [0.29, 0.717) is 18.7 Å². The molecule has 0 spiro atoms. The van der Waals surface area contributed by atoms with Crippen LogP contribution in [0.15, 0.2) is 0 Å². The van der Waals surface area contributed by atoms with Crippen molar-refractivity contribution in [1.82, 2.24) is 5.32 Å². The molecular formula is C13H27NO. The van der Waals surface area contributed by atoms with Crippen molar-refractivity contribution in [3.05, 3.63) is 0 Å². The summed E-state index contributed by atoms with van der Waals surface area (Å²) in [5, 5.41) is 12.5. The largest absolute Gasteiger partial charge is 0.396 e. The maximum atomic E-state index is 8.86. The zero-order valence-electron chi connectivity index (χ0n) is 10.3. The molecule has 1 aliphatic rings. The summed E-state index contributed by atoms with van der Waals surface area (Å²) in [4.78, 5) is 0. The van der Waals surface area contributed by atoms with E-state index in [-0.39, 0.29) is 0 Å². The molecule has 0 bridgehead atoms. The summed E-state index contributed by atoms with van der Waals surface area (Å²) in [6, 6.07) is 1.17. The van der Waals surface area contributed by atoms with Gasteiger partial charge in [0.05, 0.1) is 0 Å². The molecule has 2 heteroatoms. The highest BCUT2D eigenvalue weighted by Crippen LogP contribution is 2.25. The lowest BCUT2D eigenvalue weighted by atomic mass is 9.97. The summed E-state index contributed by atoms with van der Waals surface area (Å²) in [5.41, 5.74) is 0. The van der Waals surface area contributed by atoms with Crippen LogP contribution in [-0.4, -0.2) is 23.8 Å². The topological polar surface area (TPSA) is 32.3 Å². The predicted octanol–water partition coefficient (Wildman–Crippen LogP) is 2.71. The predicted molar refractivity (Wildman–Crippen MR) is 65.0 cm³/mol. The summed E-state index contributed by atoms with van der Waals surface area (Å²) in [5.74, 6) is 0.963. The number of aliphatic hydroxyl groups excluding tert-OH is 1. The Balaban J connectivity index is 2.24. The van der Waals surface area contributed by atoms with Crippen LogP contribution in [0.5, 0.6) is 0 Å². The van der Waals surface area contributed by atoms with Crippen molar-refractivity contribution in [3.8, 4) is 0 Å². The number of aliphatic hydroxyl groups is 1. The number of nitrogens with one attached hydrogen (secondary N) is 1. The molecule has 0 aliphatic heterocycles. The summed E-state index contributed by atoms with van der Waals surface area (Å²) in [6.07, 6.45) is 9.07. The SMILES string of the molecule is CCC1CCCC(NC(C)CCO)CC1. The van der Waals surface area contributed by atoms with E-state index in [1.807, 2.05) is 0 Å². The summed E-state index contributed by atoms with van der Waals surface area (Å²) >= 11 is 0. The Kier molecular flexibility index (Phi) is 6.26. The standard InChI is InChI=1S/C13H27NO/c1-3-12-5-4-6-13(8-7-12)14-11(2)9-10-15/h11-15H,3-10H2,1-2H3. The fourth-order valence-corrected chi connectivity index (χ4v) is 2.63. The Morgan fingerprint density at radius 1 is 1.27 bits per heavy atom. The molecule has 15 heavy (non-hydrogen) atoms. The van der Waals surface area contributed by atoms with Crippen molar-refractivity contribution >= 4 is 0 Å². The van der Waals surface area contributed by atoms with Gasteiger partial charge in [-0.25, -0.2) is 0 Å². The van der Waals surface area contributed by atoms with Gasteiger partial charge in [-0.15, -0.1) is 0 Å². The maximum absolute atomic E-state index is 8.86. The fraction of sp³-hybridized carbons (Fsp3) is 1.00. The van der Waals surface area contributed by atoms with E-state index in [0.717, 1.165) is 12.3 Å². The molecule has 1 rings (SSSR count). The average Bonchev–Trinajstić information content (AvgIpc) is 2.43. The third-order valence-corrected chi connectivity index (χ3v) is 3.75. The van der Waals surface area contributed by atoms with E-state index in [2.05, 4.69) is 19.2 Å². The van der Waals surface area contributed by atoms with E-state index in [9.17, 15) is 0 Å². The van der Waals surface area contributed by atoms with Gasteiger partial charge in [0.2, 0.25) is 0 Å². The lowest BCUT2D eigenvalue weighted by Crippen LogP contribution is -2.36. The molecule has 0 radical (unpaired) electrons. The molecule has 1 fully saturated rings. The fourth-order valence-electron chi connectivity index (χ4n) is 2.63. The molecule has 3 atom stereocenters. The lowest BCUT2D eigenvalue weighted by Gasteiger charge is -2.21. The van der Waals surface area contributed by atoms with E-state index >= 15 is 0 Å². The van der Waals surface area contributed by atoms with Gasteiger partial charge in [-0.1, -0.05) is 26.2 Å². The molecule has 0 aromatic rings. The van der Waals surface area contributed by atoms with Gasteiger partial charge in [-0.2, -0.15) is 0 Å². The van der Waals surface area contributed by atoms with E-state index in [1.54, 1.807) is 0 Å². The van der Waals surface area contributed by atoms with E-state index in [4.69, 9.17) is 5.11 Å². The van der Waals surface area contributed by atoms with Crippen LogP contribution in [0.1, 0.15) is 58.8 Å². The highest BCUT2D eigenvalue weighted by molar-refractivity contribution is 4.76. The monoisotopic (exact) mass is 213 g/mol. The Morgan fingerprint density at radius 2 is 2.07 bits per heavy atom. The van der Waals surface area contributed by atoms with Crippen LogP contribution in [0.4, 0.5) is 0 Å². The van der Waals surface area contributed by atoms with Gasteiger partial charge in [-0.3, -0.25) is 0 Å². The molecule has 0 saturated heterocycles. The van der Waals surface area contributed by atoms with Crippen molar-refractivity contribution in [3.63, 3.8) is 0 Å². The number of hydrogen-bond acceptors (Lipinski definition) is 2. The Bertz CT molecular complexity index is 161. The molecule has 2 N–H and O–H groups in total. The zero-order chi connectivity index (χ0) is 11.1. The molecule has 0 heterocycles. The van der Waals surface area contributed by atoms with Crippen molar-refractivity contribution < 1.29 is 5.11 Å². The molecule has 1 aliphatic carbocycles. The lowest BCUT2D eigenvalue weighted by molar-refractivity contribution is 0.259. The molecule has 0 aromatic carbocycles. The van der Waals surface area contributed by atoms with Crippen LogP contribution in [0.25, 0.3) is 0 Å². The molecule has 90 valence electrons. The third kappa shape index (κ3) is 4.98. The number of hydrogen-bond donors (Lipinski definition) is 2. The highest BCUT2D eigenvalue weighted by Gasteiger charge is 2.18. The van der Waals surface area contributed by atoms with Gasteiger partial charge in [0.25, 0.3) is 0 Å². The first-order valence-electron chi connectivity index (χ1n) is 6.63. The third-order valence-electron chi connectivity index (χ3n) is 3.75. The van der Waals surface area contributed by atoms with Gasteiger partial charge in [0.1, 0.15) is 0 Å². The Morgan fingerprint density at radius 3 is 2.73 bits per heavy atom. The van der Waals surface area contributed by atoms with Crippen LogP contribution in [0.2, 0.25) is 0 Å². The molecule has 0 aromatic heterocycles. The smallest absolute Gasteiger partial charge is 0.0445 e. The second-order valence-corrected chi connectivity index (χ2v) is 5.06. The van der Waals surface area contributed by atoms with Crippen molar-refractivity contribution in [2.45, 2.75) is 70.9 Å². The Labute approximate surface area is 94.5 Å². The van der Waals surface area contributed by atoms with Crippen molar-refractivity contribution in [2.75, 3.05) is 6.61 Å². The van der Waals surface area contributed by atoms with Gasteiger partial charge in [0.15, 0.2) is 0 Å². The molecule has 3 unspecified atom stereocenters. The quantitative estimate of drug-likeness (QED) is 0.688. The Hall–Kier alpha value is -0.0800. The minimum absolute atomic E-state index is 0.304. The average molecular weight is 213 g/mol. The maximum Gasteiger partial charge on any atom is 0.0445 e. The van der Waals surface area contributed by atoms with Crippen LogP contribution < -0.4 is 5.32 Å². The number of rotatable bonds is 5. The molecule has 0 amide bonds. The first kappa shape index (κ1) is 13.0. The van der Waals surface area contributed by atoms with Crippen LogP contribution in [0.3, 0.4) is 0 Å². The van der Waals surface area contributed by atoms with Crippen LogP contribution >= 0.6 is 0 Å². The van der Waals surface area contributed by atoms with Crippen molar-refractivity contribution in [1.29, 1.82) is 0 Å². The zero-order valence-corrected chi connectivity index (χ0v) is 10.3. The van der Waals surface area contributed by atoms with Crippen LogP contribution in [-0.2, 0) is 0 Å². The molecular weight excluding hydrogens is 186 g/mol. The van der Waals surface area contributed by atoms with Crippen molar-refractivity contribution in [2.24, 2.45) is 5.92 Å². The van der Waals surface area contributed by atoms with Gasteiger partial charge in [-0.05, 0) is 38.5 Å². The minimum atomic E-state index is 0.304. The first-order chi connectivity index (χ1) is 7.26. The summed E-state index contributed by atoms with van der Waals surface area (Å²) < 4.78 is 0. The highest BCUT2D eigenvalue weighted by atomic mass is 16.3. The van der Waals surface area contributed by atoms with E-state index < -0.39 is 0 Å². The van der Waals surface area contributed by atoms with Gasteiger partial charge >= 0.3 is 0 Å². The second-order valence-electron chi connectivity index (χ2n) is 5.06. The summed E-state index contributed by atoms with van der Waals surface area (Å²) in [7, 11) is 0. The molecule has 2 nitrogen and oxygen atoms in total. The second kappa shape index (κ2) is 7.24. The van der Waals surface area contributed by atoms with Gasteiger partial charge in [0, 0.05) is 18.7 Å².